The molecule has 25 heavy (non-hydrogen) atoms. The van der Waals surface area contributed by atoms with Crippen molar-refractivity contribution in [2.75, 3.05) is 13.2 Å². The molecule has 0 aliphatic rings. The quantitative estimate of drug-likeness (QED) is 0.571. The summed E-state index contributed by atoms with van der Waals surface area (Å²) >= 11 is 0. The molecule has 0 aliphatic heterocycles. The first kappa shape index (κ1) is 19.5. The van der Waals surface area contributed by atoms with E-state index in [4.69, 9.17) is 9.47 Å². The first-order chi connectivity index (χ1) is 12.1. The van der Waals surface area contributed by atoms with Crippen molar-refractivity contribution in [2.24, 2.45) is 0 Å². The zero-order valence-electron chi connectivity index (χ0n) is 15.9. The number of hydrogen-bond acceptors (Lipinski definition) is 3. The molecule has 2 aromatic carbocycles. The van der Waals surface area contributed by atoms with E-state index in [1.807, 2.05) is 12.1 Å². The van der Waals surface area contributed by atoms with Gasteiger partial charge in [0.05, 0.1) is 6.10 Å². The Hall–Kier alpha value is -1.87. The third-order valence-electron chi connectivity index (χ3n) is 4.81. The second kappa shape index (κ2) is 9.57. The third kappa shape index (κ3) is 5.57. The number of hydrogen-bond donors (Lipinski definition) is 0. The zero-order chi connectivity index (χ0) is 18.2. The molecule has 0 fully saturated rings. The van der Waals surface area contributed by atoms with Crippen molar-refractivity contribution in [1.82, 2.24) is 0 Å². The molecule has 0 saturated carbocycles. The Kier molecular flexibility index (Phi) is 7.45. The number of rotatable bonds is 10. The van der Waals surface area contributed by atoms with Crippen molar-refractivity contribution in [3.63, 3.8) is 0 Å². The van der Waals surface area contributed by atoms with Crippen LogP contribution < -0.4 is 4.74 Å². The Morgan fingerprint density at radius 1 is 0.920 bits per heavy atom. The number of Topliss-reactive ketones (excluding diaryl/α,β-unsaturated/α-hetero) is 1. The predicted molar refractivity (Wildman–Crippen MR) is 103 cm³/mol. The van der Waals surface area contributed by atoms with E-state index in [1.54, 1.807) is 0 Å². The summed E-state index contributed by atoms with van der Waals surface area (Å²) in [6.07, 6.45) is 3.14. The summed E-state index contributed by atoms with van der Waals surface area (Å²) in [5.74, 6) is 1.26. The number of ether oxygens (including phenoxy) is 2. The van der Waals surface area contributed by atoms with Gasteiger partial charge in [0.2, 0.25) is 0 Å². The Labute approximate surface area is 151 Å². The van der Waals surface area contributed by atoms with Crippen LogP contribution in [0.25, 0.3) is 10.8 Å². The molecule has 0 radical (unpaired) electrons. The molecular weight excluding hydrogens is 312 g/mol. The Bertz CT molecular complexity index is 689. The van der Waals surface area contributed by atoms with Crippen LogP contribution in [0.5, 0.6) is 5.75 Å². The fraction of sp³-hybridized carbons (Fsp3) is 0.500. The summed E-state index contributed by atoms with van der Waals surface area (Å²) in [5.41, 5.74) is 1.36. The number of fused-ring (bicyclic) bond motifs is 1. The van der Waals surface area contributed by atoms with Crippen LogP contribution in [-0.4, -0.2) is 25.1 Å². The van der Waals surface area contributed by atoms with E-state index in [-0.39, 0.29) is 25.1 Å². The molecule has 0 spiro atoms. The molecule has 1 unspecified atom stereocenters. The van der Waals surface area contributed by atoms with Gasteiger partial charge in [0, 0.05) is 0 Å². The molecule has 136 valence electrons. The van der Waals surface area contributed by atoms with Crippen molar-refractivity contribution in [2.45, 2.75) is 59.0 Å². The zero-order valence-corrected chi connectivity index (χ0v) is 15.9. The van der Waals surface area contributed by atoms with E-state index in [2.05, 4.69) is 52.0 Å². The van der Waals surface area contributed by atoms with Gasteiger partial charge in [0.15, 0.2) is 5.78 Å². The van der Waals surface area contributed by atoms with E-state index in [0.717, 1.165) is 30.4 Å². The minimum absolute atomic E-state index is 0.0286. The van der Waals surface area contributed by atoms with E-state index >= 15 is 0 Å². The van der Waals surface area contributed by atoms with Crippen LogP contribution in [0.1, 0.15) is 58.4 Å². The highest BCUT2D eigenvalue weighted by Crippen LogP contribution is 2.26. The summed E-state index contributed by atoms with van der Waals surface area (Å²) in [7, 11) is 0. The standard InChI is InChI=1S/C22H30O3/c1-5-16(4)17-8-9-19-13-22(11-10-18(19)12-17)25-15-20(23)14-24-21(6-2)7-3/h8-13,16,21H,5-7,14-15H2,1-4H3. The Morgan fingerprint density at radius 2 is 1.60 bits per heavy atom. The second-order valence-electron chi connectivity index (χ2n) is 6.65. The summed E-state index contributed by atoms with van der Waals surface area (Å²) in [6.45, 7) is 8.76. The van der Waals surface area contributed by atoms with Gasteiger partial charge in [-0.05, 0) is 53.6 Å². The van der Waals surface area contributed by atoms with Crippen LogP contribution in [0.2, 0.25) is 0 Å². The highest BCUT2D eigenvalue weighted by molar-refractivity contribution is 5.85. The monoisotopic (exact) mass is 342 g/mol. The predicted octanol–water partition coefficient (Wildman–Crippen LogP) is 5.51. The van der Waals surface area contributed by atoms with Crippen LogP contribution in [0, 0.1) is 0 Å². The molecule has 0 aromatic heterocycles. The van der Waals surface area contributed by atoms with Gasteiger partial charge in [-0.1, -0.05) is 52.0 Å². The van der Waals surface area contributed by atoms with E-state index in [0.29, 0.717) is 5.92 Å². The molecule has 0 saturated heterocycles. The minimum Gasteiger partial charge on any atom is -0.486 e. The number of benzene rings is 2. The maximum atomic E-state index is 11.9. The lowest BCUT2D eigenvalue weighted by molar-refractivity contribution is -0.127. The summed E-state index contributed by atoms with van der Waals surface area (Å²) in [4.78, 5) is 11.9. The van der Waals surface area contributed by atoms with E-state index in [9.17, 15) is 4.79 Å². The lowest BCUT2D eigenvalue weighted by Crippen LogP contribution is -2.21. The van der Waals surface area contributed by atoms with Crippen LogP contribution in [-0.2, 0) is 9.53 Å². The third-order valence-corrected chi connectivity index (χ3v) is 4.81. The Balaban J connectivity index is 1.94. The fourth-order valence-electron chi connectivity index (χ4n) is 2.81. The number of ketones is 1. The molecule has 1 atom stereocenters. The van der Waals surface area contributed by atoms with E-state index < -0.39 is 0 Å². The molecule has 0 amide bonds. The molecule has 0 N–H and O–H groups in total. The Morgan fingerprint density at radius 3 is 2.28 bits per heavy atom. The van der Waals surface area contributed by atoms with E-state index in [1.165, 1.54) is 10.9 Å². The lowest BCUT2D eigenvalue weighted by atomic mass is 9.96. The van der Waals surface area contributed by atoms with Crippen LogP contribution >= 0.6 is 0 Å². The van der Waals surface area contributed by atoms with Crippen molar-refractivity contribution in [1.29, 1.82) is 0 Å². The van der Waals surface area contributed by atoms with Gasteiger partial charge in [-0.15, -0.1) is 0 Å². The largest absolute Gasteiger partial charge is 0.486 e. The summed E-state index contributed by atoms with van der Waals surface area (Å²) in [5, 5.41) is 2.33. The highest BCUT2D eigenvalue weighted by atomic mass is 16.5. The fourth-order valence-corrected chi connectivity index (χ4v) is 2.81. The minimum atomic E-state index is -0.0286. The van der Waals surface area contributed by atoms with Gasteiger partial charge in [-0.3, -0.25) is 4.79 Å². The SMILES string of the molecule is CCC(CC)OCC(=O)COc1ccc2cc(C(C)CC)ccc2c1. The van der Waals surface area contributed by atoms with Gasteiger partial charge < -0.3 is 9.47 Å². The molecule has 3 nitrogen and oxygen atoms in total. The lowest BCUT2D eigenvalue weighted by Gasteiger charge is -2.13. The molecule has 3 heteroatoms. The number of carbonyl (C=O) groups is 1. The topological polar surface area (TPSA) is 35.5 Å². The average Bonchev–Trinajstić information content (AvgIpc) is 2.65. The van der Waals surface area contributed by atoms with Crippen molar-refractivity contribution >= 4 is 16.6 Å². The maximum Gasteiger partial charge on any atom is 0.195 e. The molecule has 2 aromatic rings. The van der Waals surface area contributed by atoms with Gasteiger partial charge in [0.1, 0.15) is 19.0 Å². The first-order valence-corrected chi connectivity index (χ1v) is 9.37. The maximum absolute atomic E-state index is 11.9. The summed E-state index contributed by atoms with van der Waals surface area (Å²) < 4.78 is 11.2. The van der Waals surface area contributed by atoms with Gasteiger partial charge >= 0.3 is 0 Å². The molecule has 2 rings (SSSR count). The second-order valence-corrected chi connectivity index (χ2v) is 6.65. The molecular formula is C22H30O3. The number of carbonyl (C=O) groups excluding carboxylic acids is 1. The van der Waals surface area contributed by atoms with Gasteiger partial charge in [-0.25, -0.2) is 0 Å². The van der Waals surface area contributed by atoms with Crippen LogP contribution in [0.3, 0.4) is 0 Å². The highest BCUT2D eigenvalue weighted by Gasteiger charge is 2.09. The van der Waals surface area contributed by atoms with Crippen molar-refractivity contribution in [3.05, 3.63) is 42.0 Å². The molecule has 0 heterocycles. The van der Waals surface area contributed by atoms with Crippen molar-refractivity contribution < 1.29 is 14.3 Å². The van der Waals surface area contributed by atoms with Crippen molar-refractivity contribution in [3.8, 4) is 5.75 Å². The normalized spacial score (nSPS) is 12.5. The molecule has 0 bridgehead atoms. The molecule has 0 aliphatic carbocycles. The van der Waals surface area contributed by atoms with Crippen LogP contribution in [0.4, 0.5) is 0 Å². The average molecular weight is 342 g/mol. The first-order valence-electron chi connectivity index (χ1n) is 9.37. The van der Waals surface area contributed by atoms with Gasteiger partial charge in [-0.2, -0.15) is 0 Å². The van der Waals surface area contributed by atoms with Gasteiger partial charge in [0.25, 0.3) is 0 Å². The smallest absolute Gasteiger partial charge is 0.195 e. The van der Waals surface area contributed by atoms with Crippen LogP contribution in [0.15, 0.2) is 36.4 Å². The summed E-state index contributed by atoms with van der Waals surface area (Å²) in [6, 6.07) is 12.5.